The predicted molar refractivity (Wildman–Crippen MR) is 106 cm³/mol. The molecule has 1 fully saturated rings. The van der Waals surface area contributed by atoms with Crippen molar-refractivity contribution in [2.75, 3.05) is 53.4 Å². The Morgan fingerprint density at radius 2 is 1.76 bits per heavy atom. The molecule has 0 aromatic carbocycles. The van der Waals surface area contributed by atoms with Crippen molar-refractivity contribution >= 4 is 11.9 Å². The predicted octanol–water partition coefficient (Wildman–Crippen LogP) is 1.92. The number of nitrogens with zero attached hydrogens (tertiary/aromatic N) is 3. The maximum atomic E-state index is 12.7. The van der Waals surface area contributed by atoms with Crippen molar-refractivity contribution in [2.45, 2.75) is 52.9 Å². The highest BCUT2D eigenvalue weighted by atomic mass is 16.2. The molecule has 0 aromatic heterocycles. The molecule has 0 radical (unpaired) electrons. The molecule has 0 aromatic rings. The van der Waals surface area contributed by atoms with Gasteiger partial charge in [-0.15, -0.1) is 0 Å². The van der Waals surface area contributed by atoms with Gasteiger partial charge in [-0.3, -0.25) is 9.79 Å². The van der Waals surface area contributed by atoms with Crippen molar-refractivity contribution in [2.24, 2.45) is 10.4 Å². The van der Waals surface area contributed by atoms with Crippen LogP contribution in [-0.4, -0.2) is 75.0 Å². The largest absolute Gasteiger partial charge is 0.357 e. The summed E-state index contributed by atoms with van der Waals surface area (Å²) in [4.78, 5) is 21.6. The Hall–Kier alpha value is -1.30. The average Bonchev–Trinajstić information content (AvgIpc) is 3.08. The van der Waals surface area contributed by atoms with Gasteiger partial charge in [0.05, 0.1) is 12.0 Å². The molecule has 0 heterocycles. The second kappa shape index (κ2) is 11.3. The Morgan fingerprint density at radius 1 is 1.08 bits per heavy atom. The summed E-state index contributed by atoms with van der Waals surface area (Å²) in [7, 11) is 3.70. The van der Waals surface area contributed by atoms with E-state index in [1.807, 2.05) is 14.1 Å². The summed E-state index contributed by atoms with van der Waals surface area (Å²) in [5.74, 6) is 1.05. The highest BCUT2D eigenvalue weighted by Crippen LogP contribution is 2.39. The monoisotopic (exact) mass is 353 g/mol. The number of amides is 1. The topological polar surface area (TPSA) is 60.0 Å². The zero-order chi connectivity index (χ0) is 18.7. The number of carbonyl (C=O) groups excluding carboxylic acids is 1. The van der Waals surface area contributed by atoms with Crippen molar-refractivity contribution < 1.29 is 4.79 Å². The van der Waals surface area contributed by atoms with E-state index in [1.54, 1.807) is 4.90 Å². The zero-order valence-electron chi connectivity index (χ0n) is 17.0. The van der Waals surface area contributed by atoms with E-state index in [9.17, 15) is 4.79 Å². The van der Waals surface area contributed by atoms with Gasteiger partial charge in [-0.05, 0) is 39.3 Å². The minimum Gasteiger partial charge on any atom is -0.357 e. The number of rotatable bonds is 10. The van der Waals surface area contributed by atoms with Crippen LogP contribution in [0.25, 0.3) is 0 Å². The summed E-state index contributed by atoms with van der Waals surface area (Å²) in [6.45, 7) is 12.0. The van der Waals surface area contributed by atoms with Gasteiger partial charge in [0.25, 0.3) is 0 Å². The number of hydrogen-bond donors (Lipinski definition) is 2. The molecule has 0 aliphatic heterocycles. The first-order chi connectivity index (χ1) is 12.0. The Labute approximate surface area is 154 Å². The molecule has 25 heavy (non-hydrogen) atoms. The van der Waals surface area contributed by atoms with E-state index < -0.39 is 0 Å². The third kappa shape index (κ3) is 6.84. The van der Waals surface area contributed by atoms with Crippen LogP contribution in [0.3, 0.4) is 0 Å². The molecule has 0 saturated heterocycles. The molecule has 1 amide bonds. The molecular weight excluding hydrogens is 314 g/mol. The molecule has 1 aliphatic carbocycles. The number of carbonyl (C=O) groups is 1. The molecule has 0 unspecified atom stereocenters. The van der Waals surface area contributed by atoms with Gasteiger partial charge < -0.3 is 20.4 Å². The Balaban J connectivity index is 2.65. The summed E-state index contributed by atoms with van der Waals surface area (Å²) >= 11 is 0. The fourth-order valence-electron chi connectivity index (χ4n) is 3.61. The quantitative estimate of drug-likeness (QED) is 0.465. The summed E-state index contributed by atoms with van der Waals surface area (Å²) in [6.07, 6.45) is 5.33. The van der Waals surface area contributed by atoms with Gasteiger partial charge in [0.15, 0.2) is 5.96 Å². The lowest BCUT2D eigenvalue weighted by Crippen LogP contribution is -2.44. The summed E-state index contributed by atoms with van der Waals surface area (Å²) in [6, 6.07) is 0. The lowest BCUT2D eigenvalue weighted by molar-refractivity contribution is -0.138. The van der Waals surface area contributed by atoms with Crippen LogP contribution in [0.5, 0.6) is 0 Å². The second-order valence-electron chi connectivity index (χ2n) is 7.24. The van der Waals surface area contributed by atoms with Crippen LogP contribution in [0, 0.1) is 5.41 Å². The van der Waals surface area contributed by atoms with Crippen LogP contribution in [0.2, 0.25) is 0 Å². The molecule has 0 bridgehead atoms. The molecule has 146 valence electrons. The van der Waals surface area contributed by atoms with Gasteiger partial charge >= 0.3 is 0 Å². The van der Waals surface area contributed by atoms with Crippen LogP contribution < -0.4 is 10.6 Å². The Morgan fingerprint density at radius 3 is 2.28 bits per heavy atom. The highest BCUT2D eigenvalue weighted by molar-refractivity contribution is 5.84. The lowest BCUT2D eigenvalue weighted by Gasteiger charge is -2.29. The molecule has 2 N–H and O–H groups in total. The van der Waals surface area contributed by atoms with Gasteiger partial charge in [0.2, 0.25) is 5.91 Å². The smallest absolute Gasteiger partial charge is 0.230 e. The van der Waals surface area contributed by atoms with Crippen molar-refractivity contribution in [1.82, 2.24) is 20.4 Å². The maximum Gasteiger partial charge on any atom is 0.230 e. The molecule has 0 atom stereocenters. The van der Waals surface area contributed by atoms with Crippen LogP contribution in [0.4, 0.5) is 0 Å². The number of aliphatic imine (C=N–C) groups is 1. The lowest BCUT2D eigenvalue weighted by atomic mass is 9.85. The van der Waals surface area contributed by atoms with E-state index >= 15 is 0 Å². The number of guanidine groups is 1. The van der Waals surface area contributed by atoms with Crippen LogP contribution in [0.15, 0.2) is 4.99 Å². The van der Waals surface area contributed by atoms with Crippen molar-refractivity contribution in [1.29, 1.82) is 0 Å². The van der Waals surface area contributed by atoms with Crippen molar-refractivity contribution in [3.05, 3.63) is 0 Å². The first-order valence-electron chi connectivity index (χ1n) is 9.95. The van der Waals surface area contributed by atoms with E-state index in [1.165, 1.54) is 6.42 Å². The fraction of sp³-hybridized carbons (Fsp3) is 0.895. The molecule has 1 aliphatic rings. The molecule has 1 saturated carbocycles. The number of likely N-dealkylation sites (N-methyl/N-ethyl adjacent to an activating group) is 1. The molecule has 0 spiro atoms. The highest BCUT2D eigenvalue weighted by Gasteiger charge is 2.41. The summed E-state index contributed by atoms with van der Waals surface area (Å²) in [5, 5.41) is 6.74. The first-order valence-corrected chi connectivity index (χ1v) is 9.95. The minimum atomic E-state index is -0.302. The standard InChI is InChI=1S/C19H39N5O/c1-6-14-24(8-3)15-13-21-18(20-7-2)22-16-19(11-9-10-12-19)17(25)23(4)5/h6-16H2,1-5H3,(H2,20,21,22). The zero-order valence-corrected chi connectivity index (χ0v) is 17.0. The molecule has 6 nitrogen and oxygen atoms in total. The van der Waals surface area contributed by atoms with Gasteiger partial charge in [-0.25, -0.2) is 0 Å². The van der Waals surface area contributed by atoms with Crippen LogP contribution >= 0.6 is 0 Å². The second-order valence-corrected chi connectivity index (χ2v) is 7.24. The van der Waals surface area contributed by atoms with Gasteiger partial charge in [0, 0.05) is 33.7 Å². The Kier molecular flexibility index (Phi) is 9.86. The van der Waals surface area contributed by atoms with Gasteiger partial charge in [-0.1, -0.05) is 26.7 Å². The van der Waals surface area contributed by atoms with Crippen LogP contribution in [0.1, 0.15) is 52.9 Å². The van der Waals surface area contributed by atoms with Crippen molar-refractivity contribution in [3.8, 4) is 0 Å². The van der Waals surface area contributed by atoms with Gasteiger partial charge in [0.1, 0.15) is 0 Å². The van der Waals surface area contributed by atoms with E-state index in [-0.39, 0.29) is 11.3 Å². The molecule has 1 rings (SSSR count). The van der Waals surface area contributed by atoms with E-state index in [0.29, 0.717) is 6.54 Å². The minimum absolute atomic E-state index is 0.227. The van der Waals surface area contributed by atoms with Crippen molar-refractivity contribution in [3.63, 3.8) is 0 Å². The maximum absolute atomic E-state index is 12.7. The first kappa shape index (κ1) is 21.7. The fourth-order valence-corrected chi connectivity index (χ4v) is 3.61. The van der Waals surface area contributed by atoms with E-state index in [4.69, 9.17) is 4.99 Å². The average molecular weight is 354 g/mol. The van der Waals surface area contributed by atoms with Gasteiger partial charge in [-0.2, -0.15) is 0 Å². The third-order valence-electron chi connectivity index (χ3n) is 5.01. The SMILES string of the molecule is CCCN(CC)CCNC(=NCC1(C(=O)N(C)C)CCCC1)NCC. The molecular formula is C19H39N5O. The molecule has 6 heteroatoms. The van der Waals surface area contributed by atoms with E-state index in [2.05, 4.69) is 36.3 Å². The Bertz CT molecular complexity index is 416. The number of hydrogen-bond acceptors (Lipinski definition) is 3. The third-order valence-corrected chi connectivity index (χ3v) is 5.01. The summed E-state index contributed by atoms with van der Waals surface area (Å²) in [5.41, 5.74) is -0.302. The summed E-state index contributed by atoms with van der Waals surface area (Å²) < 4.78 is 0. The number of nitrogens with one attached hydrogen (secondary N) is 2. The van der Waals surface area contributed by atoms with E-state index in [0.717, 1.165) is 64.4 Å². The van der Waals surface area contributed by atoms with Crippen LogP contribution in [-0.2, 0) is 4.79 Å². The normalized spacial score (nSPS) is 17.0.